The van der Waals surface area contributed by atoms with E-state index in [0.717, 1.165) is 0 Å². The predicted molar refractivity (Wildman–Crippen MR) is 65.2 cm³/mol. The van der Waals surface area contributed by atoms with Gasteiger partial charge in [-0.2, -0.15) is 0 Å². The molecule has 0 aromatic heterocycles. The third kappa shape index (κ3) is 2.71. The Kier molecular flexibility index (Phi) is 4.74. The van der Waals surface area contributed by atoms with Crippen LogP contribution in [-0.4, -0.2) is 23.3 Å². The van der Waals surface area contributed by atoms with Gasteiger partial charge in [0.1, 0.15) is 0 Å². The third-order valence-corrected chi connectivity index (χ3v) is 3.05. The quantitative estimate of drug-likeness (QED) is 0.309. The molecular weight excluding hydrogens is 310 g/mol. The van der Waals surface area contributed by atoms with Crippen LogP contribution in [0.1, 0.15) is 23.7 Å². The van der Waals surface area contributed by atoms with Gasteiger partial charge >= 0.3 is 0 Å². The Morgan fingerprint density at radius 2 is 1.55 bits per heavy atom. The zero-order valence-electron chi connectivity index (χ0n) is 11.2. The summed E-state index contributed by atoms with van der Waals surface area (Å²) in [5.41, 5.74) is 6.31. The monoisotopic (exact) mass is 321 g/mol. The van der Waals surface area contributed by atoms with Crippen molar-refractivity contribution in [1.82, 2.24) is 5.32 Å². The Morgan fingerprint density at radius 3 is 1.95 bits per heavy atom. The second-order valence-electron chi connectivity index (χ2n) is 4.29. The van der Waals surface area contributed by atoms with E-state index in [0.29, 0.717) is 0 Å². The summed E-state index contributed by atoms with van der Waals surface area (Å²) in [7, 11) is 0. The van der Waals surface area contributed by atoms with Crippen LogP contribution in [0.2, 0.25) is 0 Å². The lowest BCUT2D eigenvalue weighted by molar-refractivity contribution is -0.135. The average Bonchev–Trinajstić information content (AvgIpc) is 2.45. The Labute approximate surface area is 121 Å². The molecule has 0 bridgehead atoms. The fourth-order valence-corrected chi connectivity index (χ4v) is 1.68. The van der Waals surface area contributed by atoms with Crippen molar-refractivity contribution >= 4 is 17.7 Å². The van der Waals surface area contributed by atoms with Crippen molar-refractivity contribution in [3.63, 3.8) is 0 Å². The van der Waals surface area contributed by atoms with E-state index >= 15 is 0 Å². The molecule has 0 spiro atoms. The second-order valence-corrected chi connectivity index (χ2v) is 4.29. The normalized spacial score (nSPS) is 11.1. The van der Waals surface area contributed by atoms with Crippen LogP contribution in [0.5, 0.6) is 0 Å². The summed E-state index contributed by atoms with van der Waals surface area (Å²) < 4.78 is 52.5. The maximum Gasteiger partial charge on any atom is 0.255 e. The molecule has 1 rings (SSSR count). The summed E-state index contributed by atoms with van der Waals surface area (Å²) in [6.07, 6.45) is -0.392. The first-order chi connectivity index (χ1) is 10.1. The van der Waals surface area contributed by atoms with E-state index in [9.17, 15) is 31.9 Å². The molecule has 0 unspecified atom stereocenters. The standard InChI is InChI=1S/C12H11F4N3O3/c1-2-12(10(17)21,11(18)22)19-9(20)4-3-5(13)7(15)8(16)6(4)14/h3H,2H2,1H3,(H2,17,21)(H2,18,22)(H,19,20). The molecule has 0 aliphatic heterocycles. The molecule has 0 saturated carbocycles. The van der Waals surface area contributed by atoms with Crippen LogP contribution in [0, 0.1) is 23.3 Å². The van der Waals surface area contributed by atoms with Crippen molar-refractivity contribution in [3.8, 4) is 0 Å². The highest BCUT2D eigenvalue weighted by molar-refractivity contribution is 6.12. The van der Waals surface area contributed by atoms with Crippen molar-refractivity contribution in [2.45, 2.75) is 18.9 Å². The Morgan fingerprint density at radius 1 is 1.05 bits per heavy atom. The van der Waals surface area contributed by atoms with Gasteiger partial charge in [0.2, 0.25) is 0 Å². The molecule has 0 radical (unpaired) electrons. The van der Waals surface area contributed by atoms with Crippen molar-refractivity contribution < 1.29 is 31.9 Å². The minimum Gasteiger partial charge on any atom is -0.367 e. The van der Waals surface area contributed by atoms with E-state index in [2.05, 4.69) is 0 Å². The number of benzene rings is 1. The number of amides is 3. The van der Waals surface area contributed by atoms with Crippen molar-refractivity contribution in [1.29, 1.82) is 0 Å². The van der Waals surface area contributed by atoms with Crippen LogP contribution in [0.4, 0.5) is 17.6 Å². The summed E-state index contributed by atoms with van der Waals surface area (Å²) in [4.78, 5) is 34.5. The van der Waals surface area contributed by atoms with E-state index < -0.39 is 58.5 Å². The first-order valence-electron chi connectivity index (χ1n) is 5.83. The minimum atomic E-state index is -2.38. The summed E-state index contributed by atoms with van der Waals surface area (Å²) in [5.74, 6) is -12.4. The van der Waals surface area contributed by atoms with Gasteiger partial charge in [-0.05, 0) is 12.5 Å². The molecular formula is C12H11F4N3O3. The molecule has 0 fully saturated rings. The lowest BCUT2D eigenvalue weighted by Gasteiger charge is -2.27. The number of hydrogen-bond donors (Lipinski definition) is 3. The molecule has 5 N–H and O–H groups in total. The molecule has 1 aromatic rings. The van der Waals surface area contributed by atoms with Gasteiger partial charge in [-0.1, -0.05) is 6.92 Å². The lowest BCUT2D eigenvalue weighted by atomic mass is 9.93. The van der Waals surface area contributed by atoms with E-state index in [1.165, 1.54) is 6.92 Å². The van der Waals surface area contributed by atoms with Crippen LogP contribution in [0.3, 0.4) is 0 Å². The number of hydrogen-bond acceptors (Lipinski definition) is 3. The van der Waals surface area contributed by atoms with Gasteiger partial charge in [0.25, 0.3) is 17.7 Å². The molecule has 120 valence electrons. The lowest BCUT2D eigenvalue weighted by Crippen LogP contribution is -2.64. The first-order valence-corrected chi connectivity index (χ1v) is 5.83. The van der Waals surface area contributed by atoms with E-state index in [4.69, 9.17) is 11.5 Å². The minimum absolute atomic E-state index is 0.0749. The molecule has 1 aromatic carbocycles. The zero-order valence-corrected chi connectivity index (χ0v) is 11.2. The second kappa shape index (κ2) is 6.00. The fraction of sp³-hybridized carbons (Fsp3) is 0.250. The molecule has 0 atom stereocenters. The summed E-state index contributed by atoms with van der Waals surface area (Å²) in [6, 6.07) is 0.0749. The largest absolute Gasteiger partial charge is 0.367 e. The maximum absolute atomic E-state index is 13.5. The highest BCUT2D eigenvalue weighted by Gasteiger charge is 2.43. The van der Waals surface area contributed by atoms with Crippen LogP contribution >= 0.6 is 0 Å². The van der Waals surface area contributed by atoms with E-state index in [-0.39, 0.29) is 6.07 Å². The smallest absolute Gasteiger partial charge is 0.255 e. The molecule has 0 heterocycles. The Balaban J connectivity index is 3.34. The molecule has 3 amide bonds. The Bertz CT molecular complexity index is 650. The van der Waals surface area contributed by atoms with Crippen molar-refractivity contribution in [3.05, 3.63) is 34.9 Å². The van der Waals surface area contributed by atoms with Gasteiger partial charge in [0.15, 0.2) is 28.8 Å². The number of carbonyl (C=O) groups is 3. The third-order valence-electron chi connectivity index (χ3n) is 3.05. The molecule has 10 heteroatoms. The fourth-order valence-electron chi connectivity index (χ4n) is 1.68. The van der Waals surface area contributed by atoms with Crippen molar-refractivity contribution in [2.24, 2.45) is 11.5 Å². The highest BCUT2D eigenvalue weighted by Crippen LogP contribution is 2.20. The molecule has 6 nitrogen and oxygen atoms in total. The number of nitrogens with one attached hydrogen (secondary N) is 1. The molecule has 22 heavy (non-hydrogen) atoms. The van der Waals surface area contributed by atoms with Crippen LogP contribution in [0.15, 0.2) is 6.07 Å². The number of rotatable bonds is 5. The average molecular weight is 321 g/mol. The number of nitrogens with two attached hydrogens (primary N) is 2. The zero-order chi connectivity index (χ0) is 17.2. The van der Waals surface area contributed by atoms with Gasteiger partial charge in [-0.3, -0.25) is 14.4 Å². The topological polar surface area (TPSA) is 115 Å². The summed E-state index contributed by atoms with van der Waals surface area (Å²) in [6.45, 7) is 1.26. The van der Waals surface area contributed by atoms with Gasteiger partial charge in [-0.15, -0.1) is 0 Å². The van der Waals surface area contributed by atoms with E-state index in [1.807, 2.05) is 0 Å². The molecule has 0 saturated heterocycles. The predicted octanol–water partition coefficient (Wildman–Crippen LogP) is 0.0922. The van der Waals surface area contributed by atoms with Gasteiger partial charge in [0.05, 0.1) is 5.56 Å². The summed E-state index contributed by atoms with van der Waals surface area (Å²) in [5, 5.41) is 1.73. The number of primary amides is 2. The number of carbonyl (C=O) groups excluding carboxylic acids is 3. The SMILES string of the molecule is CCC(NC(=O)c1cc(F)c(F)c(F)c1F)(C(N)=O)C(N)=O. The Hall–Kier alpha value is -2.65. The maximum atomic E-state index is 13.5. The van der Waals surface area contributed by atoms with Crippen LogP contribution in [-0.2, 0) is 9.59 Å². The van der Waals surface area contributed by atoms with Gasteiger partial charge < -0.3 is 16.8 Å². The van der Waals surface area contributed by atoms with Gasteiger partial charge in [0, 0.05) is 0 Å². The highest BCUT2D eigenvalue weighted by atomic mass is 19.2. The van der Waals surface area contributed by atoms with Crippen LogP contribution < -0.4 is 16.8 Å². The number of halogens is 4. The molecule has 0 aliphatic rings. The van der Waals surface area contributed by atoms with Crippen molar-refractivity contribution in [2.75, 3.05) is 0 Å². The summed E-state index contributed by atoms with van der Waals surface area (Å²) >= 11 is 0. The first kappa shape index (κ1) is 17.4. The van der Waals surface area contributed by atoms with Gasteiger partial charge in [-0.25, -0.2) is 17.6 Å². The van der Waals surface area contributed by atoms with E-state index in [1.54, 1.807) is 5.32 Å². The van der Waals surface area contributed by atoms with Crippen LogP contribution in [0.25, 0.3) is 0 Å². The molecule has 0 aliphatic carbocycles.